The first-order valence-electron chi connectivity index (χ1n) is 6.62. The van der Waals surface area contributed by atoms with Crippen molar-refractivity contribution < 1.29 is 0 Å². The van der Waals surface area contributed by atoms with Crippen molar-refractivity contribution in [2.75, 3.05) is 13.1 Å². The van der Waals surface area contributed by atoms with Crippen molar-refractivity contribution in [3.05, 3.63) is 40.7 Å². The van der Waals surface area contributed by atoms with Crippen molar-refractivity contribution in [2.24, 2.45) is 5.92 Å². The summed E-state index contributed by atoms with van der Waals surface area (Å²) in [4.78, 5) is 4.77. The van der Waals surface area contributed by atoms with E-state index in [1.165, 1.54) is 30.0 Å². The molecule has 2 nitrogen and oxygen atoms in total. The molecule has 0 saturated carbocycles. The molecule has 1 atom stereocenters. The molecule has 1 saturated heterocycles. The van der Waals surface area contributed by atoms with Crippen LogP contribution in [0.4, 0.5) is 0 Å². The second-order valence-electron chi connectivity index (χ2n) is 4.91. The first kappa shape index (κ1) is 11.9. The van der Waals surface area contributed by atoms with Crippen LogP contribution in [0.2, 0.25) is 0 Å². The molecule has 1 N–H and O–H groups in total. The summed E-state index contributed by atoms with van der Waals surface area (Å²) in [5, 5.41) is 6.93. The van der Waals surface area contributed by atoms with Crippen molar-refractivity contribution in [3.8, 4) is 11.3 Å². The molecule has 0 bridgehead atoms. The van der Waals surface area contributed by atoms with Gasteiger partial charge < -0.3 is 5.32 Å². The van der Waals surface area contributed by atoms with Gasteiger partial charge in [-0.05, 0) is 31.8 Å². The van der Waals surface area contributed by atoms with E-state index < -0.39 is 0 Å². The summed E-state index contributed by atoms with van der Waals surface area (Å²) < 4.78 is 0. The van der Waals surface area contributed by atoms with Gasteiger partial charge in [-0.3, -0.25) is 0 Å². The molecule has 2 aromatic rings. The number of nitrogens with one attached hydrogen (secondary N) is 1. The van der Waals surface area contributed by atoms with Gasteiger partial charge in [-0.1, -0.05) is 30.3 Å². The summed E-state index contributed by atoms with van der Waals surface area (Å²) in [6.45, 7) is 2.34. The van der Waals surface area contributed by atoms with Gasteiger partial charge in [-0.2, -0.15) is 0 Å². The van der Waals surface area contributed by atoms with Crippen LogP contribution in [0.3, 0.4) is 0 Å². The molecule has 1 aliphatic heterocycles. The van der Waals surface area contributed by atoms with Gasteiger partial charge in [0.25, 0.3) is 0 Å². The van der Waals surface area contributed by atoms with E-state index in [4.69, 9.17) is 4.98 Å². The maximum Gasteiger partial charge on any atom is 0.0935 e. The van der Waals surface area contributed by atoms with Crippen LogP contribution < -0.4 is 5.32 Å². The number of rotatable bonds is 3. The molecule has 3 rings (SSSR count). The molecule has 0 radical (unpaired) electrons. The zero-order valence-corrected chi connectivity index (χ0v) is 11.2. The van der Waals surface area contributed by atoms with Crippen molar-refractivity contribution in [2.45, 2.75) is 19.3 Å². The standard InChI is InChI=1S/C15H18N2S/c1-2-6-13(7-3-1)14-11-18-15(17-14)9-12-5-4-8-16-10-12/h1-3,6-7,11-12,16H,4-5,8-10H2. The van der Waals surface area contributed by atoms with Gasteiger partial charge in [-0.15, -0.1) is 11.3 Å². The highest BCUT2D eigenvalue weighted by Gasteiger charge is 2.15. The summed E-state index contributed by atoms with van der Waals surface area (Å²) in [6.07, 6.45) is 3.78. The van der Waals surface area contributed by atoms with Gasteiger partial charge in [-0.25, -0.2) is 4.98 Å². The fraction of sp³-hybridized carbons (Fsp3) is 0.400. The predicted octanol–water partition coefficient (Wildman–Crippen LogP) is 3.35. The SMILES string of the molecule is c1ccc(-c2csc(CC3CCCNC3)n2)cc1. The van der Waals surface area contributed by atoms with Crippen LogP contribution >= 0.6 is 11.3 Å². The maximum atomic E-state index is 4.77. The molecule has 3 heteroatoms. The van der Waals surface area contributed by atoms with Crippen LogP contribution in [0.5, 0.6) is 0 Å². The zero-order valence-electron chi connectivity index (χ0n) is 10.4. The molecule has 1 aliphatic rings. The monoisotopic (exact) mass is 258 g/mol. The normalized spacial score (nSPS) is 19.9. The maximum absolute atomic E-state index is 4.77. The minimum Gasteiger partial charge on any atom is -0.316 e. The summed E-state index contributed by atoms with van der Waals surface area (Å²) in [5.41, 5.74) is 2.35. The molecule has 1 aromatic carbocycles. The molecule has 94 valence electrons. The van der Waals surface area contributed by atoms with Crippen molar-refractivity contribution in [3.63, 3.8) is 0 Å². The third-order valence-corrected chi connectivity index (χ3v) is 4.35. The molecule has 0 amide bonds. The number of benzene rings is 1. The lowest BCUT2D eigenvalue weighted by Crippen LogP contribution is -2.30. The summed E-state index contributed by atoms with van der Waals surface area (Å²) >= 11 is 1.80. The number of piperidine rings is 1. The highest BCUT2D eigenvalue weighted by Crippen LogP contribution is 2.24. The van der Waals surface area contributed by atoms with E-state index in [1.54, 1.807) is 11.3 Å². The van der Waals surface area contributed by atoms with Gasteiger partial charge in [0, 0.05) is 17.4 Å². The summed E-state index contributed by atoms with van der Waals surface area (Å²) in [7, 11) is 0. The molecule has 0 spiro atoms. The fourth-order valence-electron chi connectivity index (χ4n) is 2.49. The van der Waals surface area contributed by atoms with Crippen molar-refractivity contribution >= 4 is 11.3 Å². The lowest BCUT2D eigenvalue weighted by Gasteiger charge is -2.21. The Morgan fingerprint density at radius 1 is 1.28 bits per heavy atom. The largest absolute Gasteiger partial charge is 0.316 e. The Morgan fingerprint density at radius 2 is 2.17 bits per heavy atom. The number of nitrogens with zero attached hydrogens (tertiary/aromatic N) is 1. The average Bonchev–Trinajstić information content (AvgIpc) is 2.89. The van der Waals surface area contributed by atoms with Gasteiger partial charge in [0.2, 0.25) is 0 Å². The zero-order chi connectivity index (χ0) is 12.2. The van der Waals surface area contributed by atoms with Crippen molar-refractivity contribution in [1.29, 1.82) is 0 Å². The number of aromatic nitrogens is 1. The van der Waals surface area contributed by atoms with Crippen LogP contribution in [-0.4, -0.2) is 18.1 Å². The van der Waals surface area contributed by atoms with E-state index in [2.05, 4.69) is 35.0 Å². The van der Waals surface area contributed by atoms with Crippen LogP contribution in [0.1, 0.15) is 17.8 Å². The molecule has 1 aromatic heterocycles. The Labute approximate surface area is 112 Å². The van der Waals surface area contributed by atoms with Gasteiger partial charge in [0.05, 0.1) is 10.7 Å². The number of hydrogen-bond acceptors (Lipinski definition) is 3. The lowest BCUT2D eigenvalue weighted by atomic mass is 9.97. The Hall–Kier alpha value is -1.19. The van der Waals surface area contributed by atoms with E-state index >= 15 is 0 Å². The Balaban J connectivity index is 1.69. The minimum atomic E-state index is 0.772. The van der Waals surface area contributed by atoms with E-state index in [0.29, 0.717) is 0 Å². The van der Waals surface area contributed by atoms with E-state index in [9.17, 15) is 0 Å². The molecule has 2 heterocycles. The Kier molecular flexibility index (Phi) is 3.72. The topological polar surface area (TPSA) is 24.9 Å². The highest BCUT2D eigenvalue weighted by molar-refractivity contribution is 7.09. The van der Waals surface area contributed by atoms with Crippen molar-refractivity contribution in [1.82, 2.24) is 10.3 Å². The first-order chi connectivity index (χ1) is 8.92. The third kappa shape index (κ3) is 2.79. The van der Waals surface area contributed by atoms with Crippen LogP contribution in [0.15, 0.2) is 35.7 Å². The molecular weight excluding hydrogens is 240 g/mol. The van der Waals surface area contributed by atoms with E-state index in [1.807, 2.05) is 6.07 Å². The Morgan fingerprint density at radius 3 is 2.94 bits per heavy atom. The van der Waals surface area contributed by atoms with Crippen LogP contribution in [-0.2, 0) is 6.42 Å². The first-order valence-corrected chi connectivity index (χ1v) is 7.50. The molecular formula is C15H18N2S. The average molecular weight is 258 g/mol. The highest BCUT2D eigenvalue weighted by atomic mass is 32.1. The summed E-state index contributed by atoms with van der Waals surface area (Å²) in [6, 6.07) is 10.4. The van der Waals surface area contributed by atoms with Gasteiger partial charge in [0.1, 0.15) is 0 Å². The van der Waals surface area contributed by atoms with E-state index in [0.717, 1.165) is 24.6 Å². The quantitative estimate of drug-likeness (QED) is 0.913. The lowest BCUT2D eigenvalue weighted by molar-refractivity contribution is 0.376. The molecule has 18 heavy (non-hydrogen) atoms. The van der Waals surface area contributed by atoms with Crippen LogP contribution in [0.25, 0.3) is 11.3 Å². The van der Waals surface area contributed by atoms with Gasteiger partial charge >= 0.3 is 0 Å². The minimum absolute atomic E-state index is 0.772. The summed E-state index contributed by atoms with van der Waals surface area (Å²) in [5.74, 6) is 0.772. The van der Waals surface area contributed by atoms with Crippen LogP contribution in [0, 0.1) is 5.92 Å². The fourth-order valence-corrected chi connectivity index (χ4v) is 3.41. The third-order valence-electron chi connectivity index (χ3n) is 3.48. The second-order valence-corrected chi connectivity index (χ2v) is 5.85. The molecule has 1 fully saturated rings. The molecule has 0 aliphatic carbocycles. The number of hydrogen-bond donors (Lipinski definition) is 1. The Bertz CT molecular complexity index is 486. The second kappa shape index (κ2) is 5.63. The smallest absolute Gasteiger partial charge is 0.0935 e. The van der Waals surface area contributed by atoms with Gasteiger partial charge in [0.15, 0.2) is 0 Å². The predicted molar refractivity (Wildman–Crippen MR) is 76.8 cm³/mol. The number of thiazole rings is 1. The molecule has 1 unspecified atom stereocenters. The van der Waals surface area contributed by atoms with E-state index in [-0.39, 0.29) is 0 Å².